The molecule has 2 aromatic heterocycles. The van der Waals surface area contributed by atoms with Crippen molar-refractivity contribution in [2.45, 2.75) is 6.54 Å². The highest BCUT2D eigenvalue weighted by molar-refractivity contribution is 7.09. The number of nitrogens with zero attached hydrogens (tertiary/aromatic N) is 1. The van der Waals surface area contributed by atoms with Gasteiger partial charge in [-0.05, 0) is 41.1 Å². The fourth-order valence-electron chi connectivity index (χ4n) is 1.87. The summed E-state index contributed by atoms with van der Waals surface area (Å²) >= 11 is 1.72. The molecule has 0 saturated heterocycles. The average molecular weight is 231 g/mol. The zero-order chi connectivity index (χ0) is 11.0. The molecule has 0 N–H and O–H groups in total. The molecule has 0 aliphatic carbocycles. The third-order valence-electron chi connectivity index (χ3n) is 2.64. The van der Waals surface area contributed by atoms with Gasteiger partial charge < -0.3 is 4.57 Å². The van der Waals surface area contributed by atoms with E-state index in [-0.39, 0.29) is 5.82 Å². The van der Waals surface area contributed by atoms with Crippen molar-refractivity contribution in [2.75, 3.05) is 0 Å². The van der Waals surface area contributed by atoms with Crippen LogP contribution < -0.4 is 0 Å². The summed E-state index contributed by atoms with van der Waals surface area (Å²) in [7, 11) is 0. The maximum atomic E-state index is 13.2. The Hall–Kier alpha value is -1.61. The number of hydrogen-bond acceptors (Lipinski definition) is 1. The molecule has 0 bridgehead atoms. The summed E-state index contributed by atoms with van der Waals surface area (Å²) < 4.78 is 15.2. The van der Waals surface area contributed by atoms with Crippen LogP contribution in [0.5, 0.6) is 0 Å². The largest absolute Gasteiger partial charge is 0.342 e. The van der Waals surface area contributed by atoms with Crippen molar-refractivity contribution in [1.82, 2.24) is 4.57 Å². The van der Waals surface area contributed by atoms with Gasteiger partial charge in [0.1, 0.15) is 5.82 Å². The third kappa shape index (κ3) is 1.63. The maximum absolute atomic E-state index is 13.2. The van der Waals surface area contributed by atoms with Gasteiger partial charge in [-0.25, -0.2) is 4.39 Å². The molecule has 0 aliphatic rings. The van der Waals surface area contributed by atoms with Crippen molar-refractivity contribution in [2.24, 2.45) is 0 Å². The van der Waals surface area contributed by atoms with Crippen LogP contribution in [-0.4, -0.2) is 4.57 Å². The predicted molar refractivity (Wildman–Crippen MR) is 65.3 cm³/mol. The minimum absolute atomic E-state index is 0.182. The summed E-state index contributed by atoms with van der Waals surface area (Å²) in [6.45, 7) is 0.810. The number of fused-ring (bicyclic) bond motifs is 1. The van der Waals surface area contributed by atoms with E-state index in [0.717, 1.165) is 17.4 Å². The molecule has 1 nitrogen and oxygen atoms in total. The van der Waals surface area contributed by atoms with Crippen LogP contribution in [0.25, 0.3) is 10.9 Å². The molecule has 3 heteroatoms. The van der Waals surface area contributed by atoms with E-state index in [2.05, 4.69) is 16.0 Å². The van der Waals surface area contributed by atoms with Gasteiger partial charge >= 0.3 is 0 Å². The summed E-state index contributed by atoms with van der Waals surface area (Å²) in [5, 5.41) is 3.14. The molecule has 0 atom stereocenters. The van der Waals surface area contributed by atoms with E-state index in [1.54, 1.807) is 17.4 Å². The van der Waals surface area contributed by atoms with E-state index in [4.69, 9.17) is 0 Å². The van der Waals surface area contributed by atoms with Crippen LogP contribution in [0.4, 0.5) is 4.39 Å². The third-order valence-corrected chi connectivity index (χ3v) is 3.50. The number of halogens is 1. The van der Waals surface area contributed by atoms with Crippen LogP contribution in [0.3, 0.4) is 0 Å². The van der Waals surface area contributed by atoms with Crippen LogP contribution in [-0.2, 0) is 6.54 Å². The molecule has 16 heavy (non-hydrogen) atoms. The first kappa shape index (κ1) is 9.60. The van der Waals surface area contributed by atoms with Gasteiger partial charge in [0.2, 0.25) is 0 Å². The first-order chi connectivity index (χ1) is 7.83. The lowest BCUT2D eigenvalue weighted by Crippen LogP contribution is -1.95. The molecule has 2 heterocycles. The van der Waals surface area contributed by atoms with Crippen LogP contribution in [0.1, 0.15) is 4.88 Å². The number of hydrogen-bond donors (Lipinski definition) is 0. The molecule has 3 aromatic rings. The number of benzene rings is 1. The minimum atomic E-state index is -0.182. The van der Waals surface area contributed by atoms with Crippen LogP contribution in [0.15, 0.2) is 48.0 Å². The molecule has 0 radical (unpaired) electrons. The number of thiophene rings is 1. The van der Waals surface area contributed by atoms with Gasteiger partial charge in [-0.15, -0.1) is 11.3 Å². The molecular formula is C13H10FNS. The minimum Gasteiger partial charge on any atom is -0.342 e. The molecular weight excluding hydrogens is 221 g/mol. The lowest BCUT2D eigenvalue weighted by molar-refractivity contribution is 0.628. The lowest BCUT2D eigenvalue weighted by atomic mass is 10.2. The zero-order valence-corrected chi connectivity index (χ0v) is 9.38. The van der Waals surface area contributed by atoms with E-state index >= 15 is 0 Å². The molecule has 0 spiro atoms. The van der Waals surface area contributed by atoms with Gasteiger partial charge in [-0.2, -0.15) is 0 Å². The Kier molecular flexibility index (Phi) is 2.26. The standard InChI is InChI=1S/C13H10FNS/c14-11-4-3-10-5-6-15(13(10)8-11)9-12-2-1-7-16-12/h1-8H,9H2. The Bertz CT molecular complexity index is 610. The van der Waals surface area contributed by atoms with Crippen molar-refractivity contribution in [3.05, 3.63) is 58.7 Å². The molecule has 80 valence electrons. The molecule has 0 aliphatic heterocycles. The highest BCUT2D eigenvalue weighted by Crippen LogP contribution is 2.19. The Morgan fingerprint density at radius 3 is 2.94 bits per heavy atom. The second-order valence-electron chi connectivity index (χ2n) is 3.73. The Labute approximate surface area is 96.8 Å². The normalized spacial score (nSPS) is 11.1. The van der Waals surface area contributed by atoms with Gasteiger partial charge in [-0.1, -0.05) is 6.07 Å². The Morgan fingerprint density at radius 1 is 1.19 bits per heavy atom. The second-order valence-corrected chi connectivity index (χ2v) is 4.76. The van der Waals surface area contributed by atoms with Crippen molar-refractivity contribution >= 4 is 22.2 Å². The molecule has 0 fully saturated rings. The Balaban J connectivity index is 2.07. The predicted octanol–water partition coefficient (Wildman–Crippen LogP) is 3.89. The fraction of sp³-hybridized carbons (Fsp3) is 0.0769. The zero-order valence-electron chi connectivity index (χ0n) is 8.56. The highest BCUT2D eigenvalue weighted by Gasteiger charge is 2.03. The Morgan fingerprint density at radius 2 is 2.12 bits per heavy atom. The number of rotatable bonds is 2. The first-order valence-corrected chi connectivity index (χ1v) is 5.98. The molecule has 3 rings (SSSR count). The maximum Gasteiger partial charge on any atom is 0.125 e. The summed E-state index contributed by atoms with van der Waals surface area (Å²) in [5.74, 6) is -0.182. The molecule has 0 saturated carbocycles. The van der Waals surface area contributed by atoms with Crippen LogP contribution in [0.2, 0.25) is 0 Å². The molecule has 0 amide bonds. The summed E-state index contributed by atoms with van der Waals surface area (Å²) in [6, 6.07) is 11.0. The SMILES string of the molecule is Fc1ccc2ccn(Cc3cccs3)c2c1. The highest BCUT2D eigenvalue weighted by atomic mass is 32.1. The van der Waals surface area contributed by atoms with E-state index in [1.807, 2.05) is 24.4 Å². The lowest BCUT2D eigenvalue weighted by Gasteiger charge is -2.03. The fourth-order valence-corrected chi connectivity index (χ4v) is 2.57. The van der Waals surface area contributed by atoms with Gasteiger partial charge in [0.05, 0.1) is 12.1 Å². The molecule has 1 aromatic carbocycles. The monoisotopic (exact) mass is 231 g/mol. The first-order valence-electron chi connectivity index (χ1n) is 5.10. The van der Waals surface area contributed by atoms with Gasteiger partial charge in [0.25, 0.3) is 0 Å². The van der Waals surface area contributed by atoms with E-state index < -0.39 is 0 Å². The van der Waals surface area contributed by atoms with Gasteiger partial charge in [0, 0.05) is 11.1 Å². The topological polar surface area (TPSA) is 4.93 Å². The van der Waals surface area contributed by atoms with Crippen molar-refractivity contribution < 1.29 is 4.39 Å². The quantitative estimate of drug-likeness (QED) is 0.630. The van der Waals surface area contributed by atoms with Crippen molar-refractivity contribution in [3.63, 3.8) is 0 Å². The van der Waals surface area contributed by atoms with Crippen LogP contribution >= 0.6 is 11.3 Å². The molecule has 0 unspecified atom stereocenters. The summed E-state index contributed by atoms with van der Waals surface area (Å²) in [5.41, 5.74) is 0.952. The van der Waals surface area contributed by atoms with E-state index in [0.29, 0.717) is 0 Å². The van der Waals surface area contributed by atoms with Gasteiger partial charge in [0.15, 0.2) is 0 Å². The number of aromatic nitrogens is 1. The second kappa shape index (κ2) is 3.76. The average Bonchev–Trinajstić information content (AvgIpc) is 2.90. The summed E-state index contributed by atoms with van der Waals surface area (Å²) in [4.78, 5) is 1.28. The van der Waals surface area contributed by atoms with Crippen molar-refractivity contribution in [1.29, 1.82) is 0 Å². The summed E-state index contributed by atoms with van der Waals surface area (Å²) in [6.07, 6.45) is 2.00. The van der Waals surface area contributed by atoms with Crippen LogP contribution in [0, 0.1) is 5.82 Å². The van der Waals surface area contributed by atoms with E-state index in [1.165, 1.54) is 10.9 Å². The smallest absolute Gasteiger partial charge is 0.125 e. The van der Waals surface area contributed by atoms with Crippen molar-refractivity contribution in [3.8, 4) is 0 Å². The van der Waals surface area contributed by atoms with E-state index in [9.17, 15) is 4.39 Å². The van der Waals surface area contributed by atoms with Gasteiger partial charge in [-0.3, -0.25) is 0 Å².